The Balaban J connectivity index is 2.04. The highest BCUT2D eigenvalue weighted by Gasteiger charge is 2.05. The topological polar surface area (TPSA) is 23.5 Å². The molecule has 0 heterocycles. The zero-order chi connectivity index (χ0) is 13.7. The Labute approximate surface area is 115 Å². The van der Waals surface area contributed by atoms with Crippen molar-refractivity contribution in [2.75, 3.05) is 7.05 Å². The van der Waals surface area contributed by atoms with E-state index in [9.17, 15) is 5.11 Å². The molecule has 0 atom stereocenters. The molecule has 0 saturated heterocycles. The van der Waals surface area contributed by atoms with Gasteiger partial charge in [-0.3, -0.25) is 4.90 Å². The molecule has 19 heavy (non-hydrogen) atoms. The van der Waals surface area contributed by atoms with Crippen molar-refractivity contribution in [2.24, 2.45) is 0 Å². The number of hydrogen-bond donors (Lipinski definition) is 1. The van der Waals surface area contributed by atoms with Crippen LogP contribution in [-0.2, 0) is 19.7 Å². The average Bonchev–Trinajstić information content (AvgIpc) is 2.42. The Kier molecular flexibility index (Phi) is 4.72. The van der Waals surface area contributed by atoms with Gasteiger partial charge in [0.25, 0.3) is 0 Å². The molecule has 2 aromatic rings. The third kappa shape index (κ3) is 3.91. The van der Waals surface area contributed by atoms with Gasteiger partial charge in [0.1, 0.15) is 0 Å². The lowest BCUT2D eigenvalue weighted by Gasteiger charge is -2.18. The van der Waals surface area contributed by atoms with Crippen LogP contribution in [0.4, 0.5) is 0 Å². The molecule has 0 aliphatic heterocycles. The highest BCUT2D eigenvalue weighted by Crippen LogP contribution is 2.14. The van der Waals surface area contributed by atoms with Crippen LogP contribution in [0.3, 0.4) is 0 Å². The molecule has 0 bridgehead atoms. The lowest BCUT2D eigenvalue weighted by molar-refractivity contribution is 0.281. The average molecular weight is 255 g/mol. The first-order chi connectivity index (χ1) is 9.19. The predicted octanol–water partition coefficient (Wildman–Crippen LogP) is 3.12. The monoisotopic (exact) mass is 255 g/mol. The van der Waals surface area contributed by atoms with E-state index >= 15 is 0 Å². The van der Waals surface area contributed by atoms with Crippen LogP contribution >= 0.6 is 0 Å². The number of nitrogens with zero attached hydrogens (tertiary/aromatic N) is 1. The normalized spacial score (nSPS) is 10.9. The molecular weight excluding hydrogens is 234 g/mol. The van der Waals surface area contributed by atoms with Gasteiger partial charge in [0.15, 0.2) is 0 Å². The Morgan fingerprint density at radius 1 is 0.947 bits per heavy atom. The molecule has 2 rings (SSSR count). The van der Waals surface area contributed by atoms with Crippen LogP contribution in [0.2, 0.25) is 0 Å². The summed E-state index contributed by atoms with van der Waals surface area (Å²) in [5, 5.41) is 9.21. The number of benzene rings is 2. The molecule has 0 radical (unpaired) electrons. The first-order valence-corrected chi connectivity index (χ1v) is 6.61. The molecule has 2 aromatic carbocycles. The first kappa shape index (κ1) is 13.8. The van der Waals surface area contributed by atoms with E-state index in [1.807, 2.05) is 12.1 Å². The van der Waals surface area contributed by atoms with Crippen molar-refractivity contribution < 1.29 is 5.11 Å². The van der Waals surface area contributed by atoms with Gasteiger partial charge >= 0.3 is 0 Å². The van der Waals surface area contributed by atoms with Gasteiger partial charge in [-0.2, -0.15) is 0 Å². The number of hydrogen-bond acceptors (Lipinski definition) is 2. The second kappa shape index (κ2) is 6.50. The van der Waals surface area contributed by atoms with Crippen LogP contribution in [0, 0.1) is 6.92 Å². The predicted molar refractivity (Wildman–Crippen MR) is 78.7 cm³/mol. The molecule has 0 spiro atoms. The molecular formula is C17H21NO. The van der Waals surface area contributed by atoms with Gasteiger partial charge < -0.3 is 5.11 Å². The van der Waals surface area contributed by atoms with Gasteiger partial charge in [-0.1, -0.05) is 48.5 Å². The highest BCUT2D eigenvalue weighted by atomic mass is 16.3. The first-order valence-electron chi connectivity index (χ1n) is 6.61. The summed E-state index contributed by atoms with van der Waals surface area (Å²) in [4.78, 5) is 2.29. The smallest absolute Gasteiger partial charge is 0.0681 e. The van der Waals surface area contributed by atoms with Crippen LogP contribution in [-0.4, -0.2) is 17.1 Å². The molecule has 0 aliphatic carbocycles. The lowest BCUT2D eigenvalue weighted by atomic mass is 10.0. The van der Waals surface area contributed by atoms with Gasteiger partial charge in [0, 0.05) is 13.1 Å². The van der Waals surface area contributed by atoms with E-state index in [4.69, 9.17) is 0 Å². The molecule has 0 aliphatic rings. The van der Waals surface area contributed by atoms with Crippen LogP contribution in [0.15, 0.2) is 48.5 Å². The quantitative estimate of drug-likeness (QED) is 0.887. The molecule has 0 amide bonds. The van der Waals surface area contributed by atoms with Gasteiger partial charge in [0.05, 0.1) is 6.61 Å². The van der Waals surface area contributed by atoms with E-state index in [1.165, 1.54) is 16.7 Å². The minimum atomic E-state index is 0.107. The lowest BCUT2D eigenvalue weighted by Crippen LogP contribution is -2.18. The van der Waals surface area contributed by atoms with E-state index in [-0.39, 0.29) is 6.61 Å². The highest BCUT2D eigenvalue weighted by molar-refractivity contribution is 5.30. The largest absolute Gasteiger partial charge is 0.392 e. The van der Waals surface area contributed by atoms with Crippen LogP contribution in [0.5, 0.6) is 0 Å². The van der Waals surface area contributed by atoms with Crippen molar-refractivity contribution in [1.29, 1.82) is 0 Å². The van der Waals surface area contributed by atoms with Crippen molar-refractivity contribution in [1.82, 2.24) is 4.90 Å². The van der Waals surface area contributed by atoms with Crippen molar-refractivity contribution in [3.63, 3.8) is 0 Å². The minimum Gasteiger partial charge on any atom is -0.392 e. The van der Waals surface area contributed by atoms with Gasteiger partial charge in [0.2, 0.25) is 0 Å². The van der Waals surface area contributed by atoms with Crippen LogP contribution in [0.25, 0.3) is 0 Å². The standard InChI is InChI=1S/C17H21NO/c1-14-8-9-16(13-19)10-17(14)12-18(2)11-15-6-4-3-5-7-15/h3-10,19H,11-13H2,1-2H3. The number of rotatable bonds is 5. The fraction of sp³-hybridized carbons (Fsp3) is 0.294. The molecule has 2 nitrogen and oxygen atoms in total. The molecule has 0 saturated carbocycles. The zero-order valence-electron chi connectivity index (χ0n) is 11.6. The molecule has 100 valence electrons. The van der Waals surface area contributed by atoms with Gasteiger partial charge in [-0.05, 0) is 36.2 Å². The minimum absolute atomic E-state index is 0.107. The van der Waals surface area contributed by atoms with Crippen molar-refractivity contribution >= 4 is 0 Å². The SMILES string of the molecule is Cc1ccc(CO)cc1CN(C)Cc1ccccc1. The number of aliphatic hydroxyl groups excluding tert-OH is 1. The van der Waals surface area contributed by atoms with E-state index in [1.54, 1.807) is 0 Å². The summed E-state index contributed by atoms with van der Waals surface area (Å²) in [5.41, 5.74) is 4.86. The summed E-state index contributed by atoms with van der Waals surface area (Å²) in [7, 11) is 2.12. The maximum absolute atomic E-state index is 9.21. The molecule has 2 heteroatoms. The Bertz CT molecular complexity index is 522. The summed E-state index contributed by atoms with van der Waals surface area (Å²) < 4.78 is 0. The van der Waals surface area contributed by atoms with E-state index in [0.29, 0.717) is 0 Å². The Hall–Kier alpha value is -1.64. The summed E-state index contributed by atoms with van der Waals surface area (Å²) in [6.45, 7) is 4.06. The molecule has 1 N–H and O–H groups in total. The second-order valence-electron chi connectivity index (χ2n) is 5.08. The molecule has 0 fully saturated rings. The summed E-state index contributed by atoms with van der Waals surface area (Å²) in [5.74, 6) is 0. The zero-order valence-corrected chi connectivity index (χ0v) is 11.6. The van der Waals surface area contributed by atoms with Crippen molar-refractivity contribution in [2.45, 2.75) is 26.6 Å². The van der Waals surface area contributed by atoms with Gasteiger partial charge in [-0.15, -0.1) is 0 Å². The van der Waals surface area contributed by atoms with Crippen molar-refractivity contribution in [3.05, 3.63) is 70.8 Å². The molecule has 0 unspecified atom stereocenters. The summed E-state index contributed by atoms with van der Waals surface area (Å²) in [6, 6.07) is 16.6. The number of aryl methyl sites for hydroxylation is 1. The van der Waals surface area contributed by atoms with Crippen LogP contribution in [0.1, 0.15) is 22.3 Å². The van der Waals surface area contributed by atoms with E-state index < -0.39 is 0 Å². The van der Waals surface area contributed by atoms with E-state index in [0.717, 1.165) is 18.7 Å². The number of aliphatic hydroxyl groups is 1. The summed E-state index contributed by atoms with van der Waals surface area (Å²) in [6.07, 6.45) is 0. The maximum atomic E-state index is 9.21. The fourth-order valence-electron chi connectivity index (χ4n) is 2.24. The summed E-state index contributed by atoms with van der Waals surface area (Å²) >= 11 is 0. The third-order valence-electron chi connectivity index (χ3n) is 3.33. The van der Waals surface area contributed by atoms with E-state index in [2.05, 4.69) is 55.3 Å². The molecule has 0 aromatic heterocycles. The van der Waals surface area contributed by atoms with Gasteiger partial charge in [-0.25, -0.2) is 0 Å². The second-order valence-corrected chi connectivity index (χ2v) is 5.08. The Morgan fingerprint density at radius 2 is 1.68 bits per heavy atom. The van der Waals surface area contributed by atoms with Crippen LogP contribution < -0.4 is 0 Å². The fourth-order valence-corrected chi connectivity index (χ4v) is 2.24. The maximum Gasteiger partial charge on any atom is 0.0681 e. The third-order valence-corrected chi connectivity index (χ3v) is 3.33. The Morgan fingerprint density at radius 3 is 2.37 bits per heavy atom. The van der Waals surface area contributed by atoms with Crippen molar-refractivity contribution in [3.8, 4) is 0 Å².